The first-order chi connectivity index (χ1) is 8.63. The predicted molar refractivity (Wildman–Crippen MR) is 75.2 cm³/mol. The summed E-state index contributed by atoms with van der Waals surface area (Å²) in [4.78, 5) is 0. The zero-order chi connectivity index (χ0) is 13.0. The van der Waals surface area contributed by atoms with Crippen LogP contribution in [0.2, 0.25) is 0 Å². The predicted octanol–water partition coefficient (Wildman–Crippen LogP) is 2.59. The first-order valence-corrected chi connectivity index (χ1v) is 6.79. The van der Waals surface area contributed by atoms with E-state index in [1.807, 2.05) is 23.0 Å². The van der Waals surface area contributed by atoms with Gasteiger partial charge in [-0.15, -0.1) is 5.10 Å². The summed E-state index contributed by atoms with van der Waals surface area (Å²) < 4.78 is 2.95. The third-order valence-electron chi connectivity index (χ3n) is 2.51. The number of nitrogens with zero attached hydrogens (tertiary/aromatic N) is 3. The molecule has 0 radical (unpaired) electrons. The quantitative estimate of drug-likeness (QED) is 0.923. The minimum Gasteiger partial charge on any atom is -0.309 e. The molecule has 0 aliphatic carbocycles. The van der Waals surface area contributed by atoms with Crippen LogP contribution in [0.4, 0.5) is 0 Å². The second-order valence-electron chi connectivity index (χ2n) is 4.57. The minimum absolute atomic E-state index is 0.459. The summed E-state index contributed by atoms with van der Waals surface area (Å²) >= 11 is 3.47. The molecule has 1 N–H and O–H groups in total. The topological polar surface area (TPSA) is 42.7 Å². The average Bonchev–Trinajstić information content (AvgIpc) is 2.74. The van der Waals surface area contributed by atoms with E-state index >= 15 is 0 Å². The lowest BCUT2D eigenvalue weighted by Crippen LogP contribution is -2.21. The SMILES string of the molecule is CC(C)NCc1cn(Cc2cccc(Br)c2)nn1. The zero-order valence-corrected chi connectivity index (χ0v) is 12.2. The Balaban J connectivity index is 1.98. The Bertz CT molecular complexity index is 507. The molecular weight excluding hydrogens is 292 g/mol. The summed E-state index contributed by atoms with van der Waals surface area (Å²) in [6, 6.07) is 8.67. The van der Waals surface area contributed by atoms with E-state index in [0.717, 1.165) is 23.3 Å². The summed E-state index contributed by atoms with van der Waals surface area (Å²) in [6.07, 6.45) is 1.98. The van der Waals surface area contributed by atoms with Crippen LogP contribution in [0.3, 0.4) is 0 Å². The Kier molecular flexibility index (Phi) is 4.49. The number of halogens is 1. The van der Waals surface area contributed by atoms with Crippen LogP contribution in [-0.4, -0.2) is 21.0 Å². The van der Waals surface area contributed by atoms with Crippen molar-refractivity contribution < 1.29 is 0 Å². The third kappa shape index (κ3) is 3.92. The van der Waals surface area contributed by atoms with E-state index in [0.29, 0.717) is 6.04 Å². The van der Waals surface area contributed by atoms with Crippen molar-refractivity contribution in [1.29, 1.82) is 0 Å². The lowest BCUT2D eigenvalue weighted by atomic mass is 10.2. The maximum Gasteiger partial charge on any atom is 0.0965 e. The number of nitrogens with one attached hydrogen (secondary N) is 1. The van der Waals surface area contributed by atoms with Crippen molar-refractivity contribution in [3.05, 3.63) is 46.2 Å². The van der Waals surface area contributed by atoms with Crippen molar-refractivity contribution in [2.24, 2.45) is 0 Å². The molecule has 0 fully saturated rings. The molecular formula is C13H17BrN4. The van der Waals surface area contributed by atoms with E-state index in [4.69, 9.17) is 0 Å². The third-order valence-corrected chi connectivity index (χ3v) is 3.00. The van der Waals surface area contributed by atoms with Gasteiger partial charge in [0.15, 0.2) is 0 Å². The van der Waals surface area contributed by atoms with Crippen molar-refractivity contribution in [3.63, 3.8) is 0 Å². The highest BCUT2D eigenvalue weighted by molar-refractivity contribution is 9.10. The molecule has 1 heterocycles. The number of aromatic nitrogens is 3. The molecule has 1 aromatic heterocycles. The monoisotopic (exact) mass is 308 g/mol. The Labute approximate surface area is 116 Å². The Morgan fingerprint density at radius 3 is 2.94 bits per heavy atom. The maximum atomic E-state index is 4.15. The van der Waals surface area contributed by atoms with Gasteiger partial charge in [-0.1, -0.05) is 47.1 Å². The average molecular weight is 309 g/mol. The van der Waals surface area contributed by atoms with Crippen LogP contribution < -0.4 is 5.32 Å². The molecule has 18 heavy (non-hydrogen) atoms. The summed E-state index contributed by atoms with van der Waals surface area (Å²) in [6.45, 7) is 5.74. The van der Waals surface area contributed by atoms with E-state index in [2.05, 4.69) is 57.5 Å². The Morgan fingerprint density at radius 1 is 1.39 bits per heavy atom. The van der Waals surface area contributed by atoms with Gasteiger partial charge < -0.3 is 5.32 Å². The van der Waals surface area contributed by atoms with Gasteiger partial charge in [-0.05, 0) is 17.7 Å². The van der Waals surface area contributed by atoms with E-state index in [1.54, 1.807) is 0 Å². The Morgan fingerprint density at radius 2 is 2.22 bits per heavy atom. The van der Waals surface area contributed by atoms with Gasteiger partial charge in [0, 0.05) is 17.1 Å². The summed E-state index contributed by atoms with van der Waals surface area (Å²) in [7, 11) is 0. The van der Waals surface area contributed by atoms with Gasteiger partial charge >= 0.3 is 0 Å². The standard InChI is InChI=1S/C13H17BrN4/c1-10(2)15-7-13-9-18(17-16-13)8-11-4-3-5-12(14)6-11/h3-6,9-10,15H,7-8H2,1-2H3. The summed E-state index contributed by atoms with van der Waals surface area (Å²) in [5, 5.41) is 11.6. The van der Waals surface area contributed by atoms with Gasteiger partial charge in [0.2, 0.25) is 0 Å². The fourth-order valence-corrected chi connectivity index (χ4v) is 2.07. The molecule has 0 aliphatic heterocycles. The van der Waals surface area contributed by atoms with Gasteiger partial charge in [0.05, 0.1) is 18.4 Å². The lowest BCUT2D eigenvalue weighted by Gasteiger charge is -2.04. The molecule has 96 valence electrons. The van der Waals surface area contributed by atoms with Crippen LogP contribution >= 0.6 is 15.9 Å². The van der Waals surface area contributed by atoms with Gasteiger partial charge in [-0.2, -0.15) is 0 Å². The second kappa shape index (κ2) is 6.11. The van der Waals surface area contributed by atoms with E-state index in [-0.39, 0.29) is 0 Å². The molecule has 4 nitrogen and oxygen atoms in total. The van der Waals surface area contributed by atoms with Gasteiger partial charge in [0.1, 0.15) is 0 Å². The lowest BCUT2D eigenvalue weighted by molar-refractivity contribution is 0.580. The van der Waals surface area contributed by atoms with Crippen molar-refractivity contribution in [2.45, 2.75) is 33.0 Å². The molecule has 0 unspecified atom stereocenters. The molecule has 0 bridgehead atoms. The van der Waals surface area contributed by atoms with Crippen LogP contribution in [0, 0.1) is 0 Å². The number of hydrogen-bond acceptors (Lipinski definition) is 3. The Hall–Kier alpha value is -1.20. The van der Waals surface area contributed by atoms with Gasteiger partial charge in [-0.25, -0.2) is 4.68 Å². The van der Waals surface area contributed by atoms with Crippen molar-refractivity contribution in [2.75, 3.05) is 0 Å². The molecule has 2 rings (SSSR count). The number of rotatable bonds is 5. The van der Waals surface area contributed by atoms with Crippen molar-refractivity contribution >= 4 is 15.9 Å². The van der Waals surface area contributed by atoms with E-state index < -0.39 is 0 Å². The number of benzene rings is 1. The summed E-state index contributed by atoms with van der Waals surface area (Å²) in [5.74, 6) is 0. The van der Waals surface area contributed by atoms with Crippen LogP contribution in [0.15, 0.2) is 34.9 Å². The van der Waals surface area contributed by atoms with Crippen LogP contribution in [0.25, 0.3) is 0 Å². The fraction of sp³-hybridized carbons (Fsp3) is 0.385. The highest BCUT2D eigenvalue weighted by Crippen LogP contribution is 2.12. The fourth-order valence-electron chi connectivity index (χ4n) is 1.63. The number of hydrogen-bond donors (Lipinski definition) is 1. The van der Waals surface area contributed by atoms with Crippen LogP contribution in [0.1, 0.15) is 25.1 Å². The normalized spacial score (nSPS) is 11.1. The highest BCUT2D eigenvalue weighted by atomic mass is 79.9. The van der Waals surface area contributed by atoms with Crippen molar-refractivity contribution in [1.82, 2.24) is 20.3 Å². The first-order valence-electron chi connectivity index (χ1n) is 6.00. The van der Waals surface area contributed by atoms with Crippen molar-refractivity contribution in [3.8, 4) is 0 Å². The van der Waals surface area contributed by atoms with Crippen LogP contribution in [0.5, 0.6) is 0 Å². The highest BCUT2D eigenvalue weighted by Gasteiger charge is 2.02. The van der Waals surface area contributed by atoms with Gasteiger partial charge in [-0.3, -0.25) is 0 Å². The minimum atomic E-state index is 0.459. The van der Waals surface area contributed by atoms with Crippen LogP contribution in [-0.2, 0) is 13.1 Å². The molecule has 2 aromatic rings. The van der Waals surface area contributed by atoms with E-state index in [1.165, 1.54) is 5.56 Å². The summed E-state index contributed by atoms with van der Waals surface area (Å²) in [5.41, 5.74) is 2.18. The molecule has 0 spiro atoms. The molecule has 0 saturated carbocycles. The molecule has 5 heteroatoms. The smallest absolute Gasteiger partial charge is 0.0965 e. The van der Waals surface area contributed by atoms with E-state index in [9.17, 15) is 0 Å². The first kappa shape index (κ1) is 13.2. The maximum absolute atomic E-state index is 4.15. The molecule has 0 aliphatic rings. The molecule has 0 saturated heterocycles. The largest absolute Gasteiger partial charge is 0.309 e. The molecule has 1 aromatic carbocycles. The molecule has 0 amide bonds. The molecule has 0 atom stereocenters. The second-order valence-corrected chi connectivity index (χ2v) is 5.49. The van der Waals surface area contributed by atoms with Gasteiger partial charge in [0.25, 0.3) is 0 Å². The zero-order valence-electron chi connectivity index (χ0n) is 10.6.